The number of isocyanates is 1. The normalized spacial score (nSPS) is 12.9. The molecule has 6 nitrogen and oxygen atoms in total. The van der Waals surface area contributed by atoms with E-state index >= 15 is 0 Å². The molecule has 3 rings (SSSR count). The van der Waals surface area contributed by atoms with E-state index in [4.69, 9.17) is 5.11 Å². The van der Waals surface area contributed by atoms with Gasteiger partial charge in [0.1, 0.15) is 0 Å². The molecule has 1 aliphatic carbocycles. The number of aliphatic hydroxyl groups excluding tert-OH is 1. The van der Waals surface area contributed by atoms with E-state index in [2.05, 4.69) is 15.5 Å². The van der Waals surface area contributed by atoms with Crippen molar-refractivity contribution in [1.29, 1.82) is 0 Å². The number of ether oxygens (including phenoxy) is 1. The molecule has 1 saturated carbocycles. The molecule has 0 radical (unpaired) electrons. The molecule has 2 aromatic rings. The Kier molecular flexibility index (Phi) is 9.60. The van der Waals surface area contributed by atoms with Crippen LogP contribution in [0.1, 0.15) is 32.6 Å². The fraction of sp³-hybridized carbons (Fsp3) is 0.368. The van der Waals surface area contributed by atoms with E-state index < -0.39 is 6.09 Å². The summed E-state index contributed by atoms with van der Waals surface area (Å²) < 4.78 is 4.18. The van der Waals surface area contributed by atoms with Crippen molar-refractivity contribution in [2.24, 2.45) is 10.7 Å². The van der Waals surface area contributed by atoms with Gasteiger partial charge in [0.25, 0.3) is 0 Å². The van der Waals surface area contributed by atoms with E-state index in [1.54, 1.807) is 19.1 Å². The second-order valence-electron chi connectivity index (χ2n) is 5.39. The summed E-state index contributed by atoms with van der Waals surface area (Å²) in [7, 11) is 0. The van der Waals surface area contributed by atoms with Crippen LogP contribution in [0.25, 0.3) is 10.8 Å². The number of carbonyl (C=O) groups excluding carboxylic acids is 2. The molecule has 1 amide bonds. The Labute approximate surface area is 147 Å². The van der Waals surface area contributed by atoms with E-state index in [-0.39, 0.29) is 6.10 Å². The van der Waals surface area contributed by atoms with Crippen LogP contribution in [0.15, 0.2) is 47.5 Å². The number of benzene rings is 2. The molecule has 0 heterocycles. The van der Waals surface area contributed by atoms with Gasteiger partial charge in [0.15, 0.2) is 0 Å². The SMILES string of the molecule is CCOC(N)=O.O=C=Nc1cccc2ccccc12.OC1CCCC1. The average molecular weight is 344 g/mol. The summed E-state index contributed by atoms with van der Waals surface area (Å²) in [6.45, 7) is 2.06. The van der Waals surface area contributed by atoms with Crippen molar-refractivity contribution in [3.63, 3.8) is 0 Å². The molecule has 0 aliphatic heterocycles. The quantitative estimate of drug-likeness (QED) is 0.638. The van der Waals surface area contributed by atoms with Crippen LogP contribution in [0, 0.1) is 0 Å². The molecule has 1 aliphatic rings. The van der Waals surface area contributed by atoms with Gasteiger partial charge >= 0.3 is 6.09 Å². The smallest absolute Gasteiger partial charge is 0.404 e. The summed E-state index contributed by atoms with van der Waals surface area (Å²) in [6.07, 6.45) is 5.44. The maximum absolute atomic E-state index is 10.1. The van der Waals surface area contributed by atoms with Gasteiger partial charge < -0.3 is 15.6 Å². The van der Waals surface area contributed by atoms with E-state index in [0.29, 0.717) is 12.3 Å². The predicted octanol–water partition coefficient (Wildman–Crippen LogP) is 3.83. The maximum atomic E-state index is 10.1. The van der Waals surface area contributed by atoms with Crippen LogP contribution in [0.5, 0.6) is 0 Å². The Balaban J connectivity index is 0.000000218. The molecule has 3 N–H and O–H groups in total. The summed E-state index contributed by atoms with van der Waals surface area (Å²) in [5.41, 5.74) is 5.22. The lowest BCUT2D eigenvalue weighted by Crippen LogP contribution is -2.11. The van der Waals surface area contributed by atoms with Crippen molar-refractivity contribution in [3.8, 4) is 0 Å². The maximum Gasteiger partial charge on any atom is 0.404 e. The molecule has 25 heavy (non-hydrogen) atoms. The number of nitrogens with two attached hydrogens (primary N) is 1. The van der Waals surface area contributed by atoms with Crippen molar-refractivity contribution in [2.45, 2.75) is 38.7 Å². The number of primary amides is 1. The van der Waals surface area contributed by atoms with Gasteiger partial charge in [0.05, 0.1) is 18.4 Å². The van der Waals surface area contributed by atoms with Crippen LogP contribution in [-0.4, -0.2) is 30.0 Å². The molecular formula is C19H24N2O4. The third kappa shape index (κ3) is 8.11. The zero-order valence-corrected chi connectivity index (χ0v) is 14.4. The van der Waals surface area contributed by atoms with Crippen LogP contribution < -0.4 is 5.73 Å². The van der Waals surface area contributed by atoms with E-state index in [9.17, 15) is 9.59 Å². The number of hydrogen-bond acceptors (Lipinski definition) is 5. The molecule has 0 spiro atoms. The average Bonchev–Trinajstić information content (AvgIpc) is 3.08. The highest BCUT2D eigenvalue weighted by atomic mass is 16.5. The van der Waals surface area contributed by atoms with E-state index in [1.165, 1.54) is 12.8 Å². The highest BCUT2D eigenvalue weighted by Gasteiger charge is 2.09. The van der Waals surface area contributed by atoms with Crippen LogP contribution in [0.2, 0.25) is 0 Å². The third-order valence-electron chi connectivity index (χ3n) is 3.54. The molecule has 134 valence electrons. The zero-order valence-electron chi connectivity index (χ0n) is 14.4. The molecule has 0 bridgehead atoms. The standard InChI is InChI=1S/C11H7NO.C5H10O.C3H7NO2/c13-8-12-11-7-3-5-9-4-1-2-6-10(9)11;6-5-3-1-2-4-5;1-2-6-3(4)5/h1-7H;5-6H,1-4H2;2H2,1H3,(H2,4,5). The first-order valence-corrected chi connectivity index (χ1v) is 8.24. The minimum absolute atomic E-state index is 0.0463. The van der Waals surface area contributed by atoms with Gasteiger partial charge in [-0.2, -0.15) is 4.99 Å². The topological polar surface area (TPSA) is 102 Å². The lowest BCUT2D eigenvalue weighted by Gasteiger charge is -1.98. The van der Waals surface area contributed by atoms with Crippen molar-refractivity contribution in [2.75, 3.05) is 6.61 Å². The van der Waals surface area contributed by atoms with Gasteiger partial charge in [-0.15, -0.1) is 0 Å². The fourth-order valence-electron chi connectivity index (χ4n) is 2.40. The highest BCUT2D eigenvalue weighted by molar-refractivity contribution is 5.93. The Hall–Kier alpha value is -2.69. The van der Waals surface area contributed by atoms with Gasteiger partial charge in [-0.1, -0.05) is 49.2 Å². The summed E-state index contributed by atoms with van der Waals surface area (Å²) in [6, 6.07) is 13.5. The summed E-state index contributed by atoms with van der Waals surface area (Å²) in [5, 5.41) is 10.8. The number of hydrogen-bond donors (Lipinski definition) is 2. The minimum Gasteiger partial charge on any atom is -0.450 e. The van der Waals surface area contributed by atoms with Crippen LogP contribution in [0.4, 0.5) is 10.5 Å². The first-order chi connectivity index (χ1) is 12.1. The fourth-order valence-corrected chi connectivity index (χ4v) is 2.40. The van der Waals surface area contributed by atoms with Gasteiger partial charge in [-0.3, -0.25) is 0 Å². The monoisotopic (exact) mass is 344 g/mol. The Morgan fingerprint density at radius 1 is 1.24 bits per heavy atom. The number of aliphatic imine (C=N–C) groups is 1. The van der Waals surface area contributed by atoms with Gasteiger partial charge in [0.2, 0.25) is 6.08 Å². The highest BCUT2D eigenvalue weighted by Crippen LogP contribution is 2.24. The minimum atomic E-state index is -0.711. The third-order valence-corrected chi connectivity index (χ3v) is 3.54. The van der Waals surface area contributed by atoms with Crippen molar-refractivity contribution >= 4 is 28.6 Å². The van der Waals surface area contributed by atoms with E-state index in [0.717, 1.165) is 23.6 Å². The molecule has 0 aromatic heterocycles. The zero-order chi connectivity index (χ0) is 18.5. The number of amides is 1. The van der Waals surface area contributed by atoms with Crippen molar-refractivity contribution < 1.29 is 19.4 Å². The lowest BCUT2D eigenvalue weighted by molar-refractivity contribution is 0.163. The first kappa shape index (κ1) is 20.4. The molecule has 0 saturated heterocycles. The number of carbonyl (C=O) groups is 1. The first-order valence-electron chi connectivity index (χ1n) is 8.24. The second kappa shape index (κ2) is 11.8. The van der Waals surface area contributed by atoms with Crippen LogP contribution in [0.3, 0.4) is 0 Å². The molecule has 0 atom stereocenters. The van der Waals surface area contributed by atoms with Crippen molar-refractivity contribution in [3.05, 3.63) is 42.5 Å². The lowest BCUT2D eigenvalue weighted by atomic mass is 10.1. The second-order valence-corrected chi connectivity index (χ2v) is 5.39. The van der Waals surface area contributed by atoms with Crippen LogP contribution in [-0.2, 0) is 9.53 Å². The summed E-state index contributed by atoms with van der Waals surface area (Å²) in [4.78, 5) is 23.4. The summed E-state index contributed by atoms with van der Waals surface area (Å²) >= 11 is 0. The number of rotatable bonds is 2. The molecule has 0 unspecified atom stereocenters. The number of aliphatic hydroxyl groups is 1. The number of nitrogens with zero attached hydrogens (tertiary/aromatic N) is 1. The van der Waals surface area contributed by atoms with Gasteiger partial charge in [-0.05, 0) is 31.2 Å². The predicted molar refractivity (Wildman–Crippen MR) is 97.4 cm³/mol. The molecular weight excluding hydrogens is 320 g/mol. The van der Waals surface area contributed by atoms with Crippen molar-refractivity contribution in [1.82, 2.24) is 0 Å². The Morgan fingerprint density at radius 2 is 1.88 bits per heavy atom. The van der Waals surface area contributed by atoms with Crippen LogP contribution >= 0.6 is 0 Å². The van der Waals surface area contributed by atoms with Gasteiger partial charge in [-0.25, -0.2) is 9.59 Å². The Morgan fingerprint density at radius 3 is 2.36 bits per heavy atom. The number of fused-ring (bicyclic) bond motifs is 1. The molecule has 1 fully saturated rings. The largest absolute Gasteiger partial charge is 0.450 e. The summed E-state index contributed by atoms with van der Waals surface area (Å²) in [5.74, 6) is 0. The molecule has 2 aromatic carbocycles. The van der Waals surface area contributed by atoms with E-state index in [1.807, 2.05) is 36.4 Å². The van der Waals surface area contributed by atoms with Gasteiger partial charge in [0, 0.05) is 5.39 Å². The Bertz CT molecular complexity index is 700. The molecule has 6 heteroatoms.